The molecule has 27 heavy (non-hydrogen) atoms. The highest BCUT2D eigenvalue weighted by atomic mass is 16.5. The van der Waals surface area contributed by atoms with Gasteiger partial charge in [-0.2, -0.15) is 0 Å². The van der Waals surface area contributed by atoms with Crippen LogP contribution in [0.5, 0.6) is 0 Å². The molecule has 0 aromatic heterocycles. The third-order valence-corrected chi connectivity index (χ3v) is 5.85. The number of carbonyl (C=O) groups excluding carboxylic acids is 1. The molecular weight excluding hydrogens is 332 g/mol. The van der Waals surface area contributed by atoms with E-state index in [-0.39, 0.29) is 11.7 Å². The van der Waals surface area contributed by atoms with Crippen LogP contribution in [0.3, 0.4) is 0 Å². The molecule has 0 amide bonds. The molecule has 1 unspecified atom stereocenters. The molecule has 0 bridgehead atoms. The van der Waals surface area contributed by atoms with Crippen molar-refractivity contribution in [2.75, 3.05) is 0 Å². The van der Waals surface area contributed by atoms with Gasteiger partial charge in [-0.25, -0.2) is 0 Å². The van der Waals surface area contributed by atoms with E-state index in [1.807, 2.05) is 25.1 Å². The molecule has 0 saturated heterocycles. The third kappa shape index (κ3) is 2.04. The largest absolute Gasteiger partial charge is 0.481 e. The van der Waals surface area contributed by atoms with Gasteiger partial charge in [0.1, 0.15) is 5.76 Å². The summed E-state index contributed by atoms with van der Waals surface area (Å²) in [5.74, 6) is 0.629. The van der Waals surface area contributed by atoms with Gasteiger partial charge < -0.3 is 4.74 Å². The number of ether oxygens (including phenoxy) is 1. The number of hydrogen-bond acceptors (Lipinski definition) is 2. The first-order chi connectivity index (χ1) is 13.1. The van der Waals surface area contributed by atoms with Gasteiger partial charge in [-0.3, -0.25) is 4.79 Å². The number of rotatable bonds is 2. The highest BCUT2D eigenvalue weighted by Crippen LogP contribution is 2.62. The van der Waals surface area contributed by atoms with Crippen molar-refractivity contribution < 1.29 is 9.53 Å². The number of hydrogen-bond donors (Lipinski definition) is 0. The predicted octanol–water partition coefficient (Wildman–Crippen LogP) is 5.59. The van der Waals surface area contributed by atoms with Gasteiger partial charge in [0, 0.05) is 16.7 Å². The summed E-state index contributed by atoms with van der Waals surface area (Å²) in [6.45, 7) is 3.56. The van der Waals surface area contributed by atoms with E-state index in [0.717, 1.165) is 28.0 Å². The molecular formula is C25H20O2. The zero-order valence-corrected chi connectivity index (χ0v) is 15.4. The van der Waals surface area contributed by atoms with Crippen LogP contribution < -0.4 is 0 Å². The van der Waals surface area contributed by atoms with Crippen molar-refractivity contribution in [2.24, 2.45) is 0 Å². The van der Waals surface area contributed by atoms with Gasteiger partial charge in [0.05, 0.1) is 5.92 Å². The average Bonchev–Trinajstić information content (AvgIpc) is 3.16. The van der Waals surface area contributed by atoms with Crippen LogP contribution in [0.1, 0.15) is 36.5 Å². The van der Waals surface area contributed by atoms with E-state index < -0.39 is 5.60 Å². The molecule has 1 spiro atoms. The van der Waals surface area contributed by atoms with Crippen LogP contribution in [-0.4, -0.2) is 5.78 Å². The highest BCUT2D eigenvalue weighted by molar-refractivity contribution is 5.97. The smallest absolute Gasteiger partial charge is 0.171 e. The second-order valence-corrected chi connectivity index (χ2v) is 7.30. The van der Waals surface area contributed by atoms with Gasteiger partial charge in [-0.1, -0.05) is 78.9 Å². The van der Waals surface area contributed by atoms with E-state index >= 15 is 0 Å². The molecule has 0 N–H and O–H groups in total. The topological polar surface area (TPSA) is 26.3 Å². The van der Waals surface area contributed by atoms with E-state index in [1.165, 1.54) is 11.1 Å². The molecule has 1 heterocycles. The molecule has 1 aliphatic carbocycles. The van der Waals surface area contributed by atoms with Crippen LogP contribution in [0.4, 0.5) is 0 Å². The molecule has 2 heteroatoms. The van der Waals surface area contributed by atoms with Crippen LogP contribution >= 0.6 is 0 Å². The molecule has 132 valence electrons. The lowest BCUT2D eigenvalue weighted by molar-refractivity contribution is -0.113. The molecule has 3 aromatic carbocycles. The summed E-state index contributed by atoms with van der Waals surface area (Å²) >= 11 is 0. The van der Waals surface area contributed by atoms with Crippen molar-refractivity contribution >= 4 is 5.78 Å². The van der Waals surface area contributed by atoms with Gasteiger partial charge >= 0.3 is 0 Å². The summed E-state index contributed by atoms with van der Waals surface area (Å²) in [6, 6.07) is 27.1. The SMILES string of the molecule is CC(=O)C1=C(C)OC2(c3ccccc3-c3ccccc32)C1c1ccccc1. The zero-order chi connectivity index (χ0) is 18.6. The number of allylic oxidation sites excluding steroid dienone is 1. The molecule has 1 aliphatic heterocycles. The minimum absolute atomic E-state index is 0.0695. The van der Waals surface area contributed by atoms with Crippen LogP contribution in [-0.2, 0) is 15.1 Å². The maximum atomic E-state index is 12.7. The Kier molecular flexibility index (Phi) is 3.38. The maximum absolute atomic E-state index is 12.7. The zero-order valence-electron chi connectivity index (χ0n) is 15.4. The van der Waals surface area contributed by atoms with E-state index in [9.17, 15) is 4.79 Å². The lowest BCUT2D eigenvalue weighted by atomic mass is 9.72. The fourth-order valence-corrected chi connectivity index (χ4v) is 4.91. The fourth-order valence-electron chi connectivity index (χ4n) is 4.91. The number of benzene rings is 3. The van der Waals surface area contributed by atoms with Gasteiger partial charge in [0.2, 0.25) is 0 Å². The molecule has 2 nitrogen and oxygen atoms in total. The minimum Gasteiger partial charge on any atom is -0.481 e. The summed E-state index contributed by atoms with van der Waals surface area (Å²) < 4.78 is 6.66. The quantitative estimate of drug-likeness (QED) is 0.601. The molecule has 2 aliphatic rings. The lowest BCUT2D eigenvalue weighted by Gasteiger charge is -2.34. The molecule has 0 fully saturated rings. The van der Waals surface area contributed by atoms with Crippen LogP contribution in [0.15, 0.2) is 90.2 Å². The second-order valence-electron chi connectivity index (χ2n) is 7.30. The molecule has 0 saturated carbocycles. The Balaban J connectivity index is 1.87. The Bertz CT molecular complexity index is 1050. The van der Waals surface area contributed by atoms with Crippen LogP contribution in [0.25, 0.3) is 11.1 Å². The number of fused-ring (bicyclic) bond motifs is 5. The van der Waals surface area contributed by atoms with Crippen molar-refractivity contribution in [3.05, 3.63) is 107 Å². The first-order valence-corrected chi connectivity index (χ1v) is 9.29. The normalized spacial score (nSPS) is 19.0. The average molecular weight is 352 g/mol. The van der Waals surface area contributed by atoms with Crippen molar-refractivity contribution in [2.45, 2.75) is 25.4 Å². The molecule has 5 rings (SSSR count). The Hall–Kier alpha value is -3.13. The Morgan fingerprint density at radius 1 is 0.815 bits per heavy atom. The van der Waals surface area contributed by atoms with Gasteiger partial charge in [-0.05, 0) is 30.5 Å². The minimum atomic E-state index is -0.695. The summed E-state index contributed by atoms with van der Waals surface area (Å²) in [6.07, 6.45) is 0. The Morgan fingerprint density at radius 2 is 1.33 bits per heavy atom. The molecule has 3 aromatic rings. The van der Waals surface area contributed by atoms with Gasteiger partial charge in [-0.15, -0.1) is 0 Å². The monoisotopic (exact) mass is 352 g/mol. The van der Waals surface area contributed by atoms with E-state index in [4.69, 9.17) is 4.74 Å². The lowest BCUT2D eigenvalue weighted by Crippen LogP contribution is -2.33. The van der Waals surface area contributed by atoms with Gasteiger partial charge in [0.15, 0.2) is 11.4 Å². The second kappa shape index (κ2) is 5.68. The van der Waals surface area contributed by atoms with E-state index in [1.54, 1.807) is 6.92 Å². The summed E-state index contributed by atoms with van der Waals surface area (Å²) in [4.78, 5) is 12.7. The third-order valence-electron chi connectivity index (χ3n) is 5.85. The van der Waals surface area contributed by atoms with Crippen LogP contribution in [0, 0.1) is 0 Å². The Labute approximate surface area is 159 Å². The van der Waals surface area contributed by atoms with E-state index in [0.29, 0.717) is 0 Å². The van der Waals surface area contributed by atoms with Crippen molar-refractivity contribution in [3.63, 3.8) is 0 Å². The number of ketones is 1. The predicted molar refractivity (Wildman–Crippen MR) is 106 cm³/mol. The number of Topliss-reactive ketones (excluding diaryl/α,β-unsaturated/α-hetero) is 1. The summed E-state index contributed by atoms with van der Waals surface area (Å²) in [7, 11) is 0. The van der Waals surface area contributed by atoms with Gasteiger partial charge in [0.25, 0.3) is 0 Å². The fraction of sp³-hybridized carbons (Fsp3) is 0.160. The maximum Gasteiger partial charge on any atom is 0.171 e. The molecule has 0 radical (unpaired) electrons. The van der Waals surface area contributed by atoms with Crippen molar-refractivity contribution in [1.82, 2.24) is 0 Å². The first kappa shape index (κ1) is 16.1. The first-order valence-electron chi connectivity index (χ1n) is 9.29. The van der Waals surface area contributed by atoms with Crippen molar-refractivity contribution in [3.8, 4) is 11.1 Å². The summed E-state index contributed by atoms with van der Waals surface area (Å²) in [5, 5.41) is 0. The van der Waals surface area contributed by atoms with Crippen molar-refractivity contribution in [1.29, 1.82) is 0 Å². The molecule has 1 atom stereocenters. The highest BCUT2D eigenvalue weighted by Gasteiger charge is 2.57. The number of carbonyl (C=O) groups is 1. The summed E-state index contributed by atoms with van der Waals surface area (Å²) in [5.41, 5.74) is 5.82. The Morgan fingerprint density at radius 3 is 1.89 bits per heavy atom. The van der Waals surface area contributed by atoms with E-state index in [2.05, 4.69) is 60.7 Å². The van der Waals surface area contributed by atoms with Crippen LogP contribution in [0.2, 0.25) is 0 Å². The standard InChI is InChI=1S/C25H20O2/c1-16(26)23-17(2)27-25(24(23)18-10-4-3-5-11-18)21-14-8-6-12-19(21)20-13-7-9-15-22(20)25/h3-15,24H,1-2H3.